The molecule has 0 fully saturated rings. The largest absolute Gasteiger partial charge is 0.465 e. The number of nitrogens with one attached hydrogen (secondary N) is 1. The van der Waals surface area contributed by atoms with Gasteiger partial charge in [0, 0.05) is 16.1 Å². The predicted octanol–water partition coefficient (Wildman–Crippen LogP) is 5.09. The second kappa shape index (κ2) is 8.20. The van der Waals surface area contributed by atoms with Crippen molar-refractivity contribution < 1.29 is 14.3 Å². The first-order chi connectivity index (χ1) is 11.4. The maximum Gasteiger partial charge on any atom is 0.337 e. The summed E-state index contributed by atoms with van der Waals surface area (Å²) in [6.45, 7) is 0. The van der Waals surface area contributed by atoms with Crippen molar-refractivity contribution in [3.05, 3.63) is 68.7 Å². The number of anilines is 1. The molecule has 0 aliphatic heterocycles. The fourth-order valence-corrected chi connectivity index (χ4v) is 2.48. The van der Waals surface area contributed by atoms with Crippen LogP contribution in [0.2, 0.25) is 15.1 Å². The van der Waals surface area contributed by atoms with Gasteiger partial charge < -0.3 is 10.1 Å². The Hall–Kier alpha value is -2.01. The van der Waals surface area contributed by atoms with E-state index >= 15 is 0 Å². The lowest BCUT2D eigenvalue weighted by Crippen LogP contribution is -2.10. The zero-order valence-electron chi connectivity index (χ0n) is 12.5. The van der Waals surface area contributed by atoms with Crippen LogP contribution in [0.25, 0.3) is 6.08 Å². The van der Waals surface area contributed by atoms with E-state index in [0.717, 1.165) is 0 Å². The Morgan fingerprint density at radius 3 is 2.46 bits per heavy atom. The van der Waals surface area contributed by atoms with Crippen LogP contribution in [0.3, 0.4) is 0 Å². The van der Waals surface area contributed by atoms with E-state index in [9.17, 15) is 9.59 Å². The Morgan fingerprint density at radius 2 is 1.79 bits per heavy atom. The molecule has 2 aromatic rings. The van der Waals surface area contributed by atoms with Crippen LogP contribution in [0.1, 0.15) is 15.9 Å². The van der Waals surface area contributed by atoms with Crippen molar-refractivity contribution in [2.45, 2.75) is 0 Å². The maximum atomic E-state index is 12.0. The van der Waals surface area contributed by atoms with Crippen LogP contribution in [0.4, 0.5) is 5.69 Å². The van der Waals surface area contributed by atoms with Gasteiger partial charge in [0.2, 0.25) is 5.91 Å². The molecule has 0 saturated heterocycles. The highest BCUT2D eigenvalue weighted by molar-refractivity contribution is 6.35. The zero-order chi connectivity index (χ0) is 17.7. The third-order valence-electron chi connectivity index (χ3n) is 3.02. The molecule has 2 rings (SSSR count). The first-order valence-corrected chi connectivity index (χ1v) is 7.86. The number of esters is 1. The standard InChI is InChI=1S/C17H12Cl3NO3/c1-24-17(23)11-3-6-13(19)15(8-11)21-16(22)7-4-10-2-5-12(18)9-14(10)20/h2-9H,1H3,(H,21,22)/b7-4+. The Labute approximate surface area is 154 Å². The number of carbonyl (C=O) groups excluding carboxylic acids is 2. The molecule has 0 atom stereocenters. The zero-order valence-corrected chi connectivity index (χ0v) is 14.7. The van der Waals surface area contributed by atoms with Gasteiger partial charge in [0.1, 0.15) is 0 Å². The minimum Gasteiger partial charge on any atom is -0.465 e. The van der Waals surface area contributed by atoms with Crippen molar-refractivity contribution in [1.82, 2.24) is 0 Å². The molecule has 0 aliphatic carbocycles. The quantitative estimate of drug-likeness (QED) is 0.590. The molecule has 124 valence electrons. The summed E-state index contributed by atoms with van der Waals surface area (Å²) in [5, 5.41) is 3.83. The van der Waals surface area contributed by atoms with E-state index in [4.69, 9.17) is 34.8 Å². The molecule has 0 radical (unpaired) electrons. The van der Waals surface area contributed by atoms with E-state index in [2.05, 4.69) is 10.1 Å². The number of ether oxygens (including phenoxy) is 1. The lowest BCUT2D eigenvalue weighted by molar-refractivity contribution is -0.111. The molecule has 0 bridgehead atoms. The first kappa shape index (κ1) is 18.3. The molecule has 2 aromatic carbocycles. The van der Waals surface area contributed by atoms with Gasteiger partial charge in [0.05, 0.1) is 23.4 Å². The molecule has 1 N–H and O–H groups in total. The second-order valence-electron chi connectivity index (χ2n) is 4.67. The van der Waals surface area contributed by atoms with Crippen molar-refractivity contribution in [2.24, 2.45) is 0 Å². The van der Waals surface area contributed by atoms with Crippen LogP contribution in [-0.2, 0) is 9.53 Å². The maximum absolute atomic E-state index is 12.0. The van der Waals surface area contributed by atoms with Crippen molar-refractivity contribution in [2.75, 3.05) is 12.4 Å². The SMILES string of the molecule is COC(=O)c1ccc(Cl)c(NC(=O)/C=C/c2ccc(Cl)cc2Cl)c1. The first-order valence-electron chi connectivity index (χ1n) is 6.72. The Bertz CT molecular complexity index is 819. The number of amides is 1. The summed E-state index contributed by atoms with van der Waals surface area (Å²) in [6.07, 6.45) is 2.85. The van der Waals surface area contributed by atoms with E-state index in [1.807, 2.05) is 0 Å². The molecule has 0 saturated carbocycles. The highest BCUT2D eigenvalue weighted by Crippen LogP contribution is 2.24. The van der Waals surface area contributed by atoms with Gasteiger partial charge in [-0.3, -0.25) is 4.79 Å². The minimum atomic E-state index is -0.523. The van der Waals surface area contributed by atoms with Crippen molar-refractivity contribution >= 4 is 58.4 Å². The van der Waals surface area contributed by atoms with Gasteiger partial charge in [-0.1, -0.05) is 40.9 Å². The molecular formula is C17H12Cl3NO3. The summed E-state index contributed by atoms with van der Waals surface area (Å²) in [5.74, 6) is -0.949. The van der Waals surface area contributed by atoms with E-state index < -0.39 is 11.9 Å². The average molecular weight is 385 g/mol. The number of benzene rings is 2. The van der Waals surface area contributed by atoms with Crippen LogP contribution in [0, 0.1) is 0 Å². The number of rotatable bonds is 4. The molecule has 0 heterocycles. The smallest absolute Gasteiger partial charge is 0.337 e. The van der Waals surface area contributed by atoms with Gasteiger partial charge >= 0.3 is 5.97 Å². The van der Waals surface area contributed by atoms with E-state index in [0.29, 0.717) is 26.3 Å². The van der Waals surface area contributed by atoms with Crippen LogP contribution < -0.4 is 5.32 Å². The summed E-state index contributed by atoms with van der Waals surface area (Å²) >= 11 is 17.9. The molecule has 0 unspecified atom stereocenters. The fourth-order valence-electron chi connectivity index (χ4n) is 1.84. The lowest BCUT2D eigenvalue weighted by atomic mass is 10.2. The molecule has 24 heavy (non-hydrogen) atoms. The van der Waals surface area contributed by atoms with E-state index in [-0.39, 0.29) is 5.56 Å². The van der Waals surface area contributed by atoms with Gasteiger partial charge in [-0.25, -0.2) is 4.79 Å². The van der Waals surface area contributed by atoms with Gasteiger partial charge in [-0.05, 0) is 42.0 Å². The Balaban J connectivity index is 2.14. The topological polar surface area (TPSA) is 55.4 Å². The number of carbonyl (C=O) groups is 2. The molecule has 7 heteroatoms. The van der Waals surface area contributed by atoms with Crippen LogP contribution in [-0.4, -0.2) is 19.0 Å². The molecule has 4 nitrogen and oxygen atoms in total. The van der Waals surface area contributed by atoms with Crippen LogP contribution in [0.5, 0.6) is 0 Å². The van der Waals surface area contributed by atoms with Crippen LogP contribution >= 0.6 is 34.8 Å². The lowest BCUT2D eigenvalue weighted by Gasteiger charge is -2.07. The third kappa shape index (κ3) is 4.74. The molecule has 0 spiro atoms. The summed E-state index contributed by atoms with van der Waals surface area (Å²) in [4.78, 5) is 23.5. The second-order valence-corrected chi connectivity index (χ2v) is 5.93. The predicted molar refractivity (Wildman–Crippen MR) is 96.9 cm³/mol. The number of hydrogen-bond acceptors (Lipinski definition) is 3. The summed E-state index contributed by atoms with van der Waals surface area (Å²) in [5.41, 5.74) is 1.23. The summed E-state index contributed by atoms with van der Waals surface area (Å²) < 4.78 is 4.63. The molecule has 1 amide bonds. The monoisotopic (exact) mass is 383 g/mol. The fraction of sp³-hybridized carbons (Fsp3) is 0.0588. The molecule has 0 aliphatic rings. The van der Waals surface area contributed by atoms with Crippen LogP contribution in [0.15, 0.2) is 42.5 Å². The minimum absolute atomic E-state index is 0.280. The average Bonchev–Trinajstić information content (AvgIpc) is 2.55. The van der Waals surface area contributed by atoms with Gasteiger partial charge in [0.15, 0.2) is 0 Å². The summed E-state index contributed by atoms with van der Waals surface area (Å²) in [6, 6.07) is 9.39. The molecule has 0 aromatic heterocycles. The van der Waals surface area contributed by atoms with E-state index in [1.54, 1.807) is 24.3 Å². The van der Waals surface area contributed by atoms with Crippen molar-refractivity contribution in [1.29, 1.82) is 0 Å². The number of halogens is 3. The number of hydrogen-bond donors (Lipinski definition) is 1. The third-order valence-corrected chi connectivity index (χ3v) is 3.91. The summed E-state index contributed by atoms with van der Waals surface area (Å²) in [7, 11) is 1.27. The normalized spacial score (nSPS) is 10.7. The van der Waals surface area contributed by atoms with Gasteiger partial charge in [0.25, 0.3) is 0 Å². The Kier molecular flexibility index (Phi) is 6.26. The highest BCUT2D eigenvalue weighted by Gasteiger charge is 2.10. The van der Waals surface area contributed by atoms with E-state index in [1.165, 1.54) is 31.4 Å². The van der Waals surface area contributed by atoms with Gasteiger partial charge in [-0.15, -0.1) is 0 Å². The van der Waals surface area contributed by atoms with Crippen molar-refractivity contribution in [3.8, 4) is 0 Å². The highest BCUT2D eigenvalue weighted by atomic mass is 35.5. The van der Waals surface area contributed by atoms with Gasteiger partial charge in [-0.2, -0.15) is 0 Å². The molecular weight excluding hydrogens is 373 g/mol. The Morgan fingerprint density at radius 1 is 1.04 bits per heavy atom. The van der Waals surface area contributed by atoms with Crippen molar-refractivity contribution in [3.63, 3.8) is 0 Å². The number of methoxy groups -OCH3 is 1.